The van der Waals surface area contributed by atoms with E-state index in [4.69, 9.17) is 4.74 Å². The van der Waals surface area contributed by atoms with Gasteiger partial charge >= 0.3 is 0 Å². The van der Waals surface area contributed by atoms with E-state index in [1.165, 1.54) is 22.5 Å². The molecule has 1 fully saturated rings. The van der Waals surface area contributed by atoms with E-state index in [0.29, 0.717) is 23.1 Å². The van der Waals surface area contributed by atoms with Gasteiger partial charge in [-0.1, -0.05) is 0 Å². The fourth-order valence-electron chi connectivity index (χ4n) is 3.30. The van der Waals surface area contributed by atoms with Crippen molar-refractivity contribution in [2.24, 2.45) is 5.92 Å². The number of hydrogen-bond acceptors (Lipinski definition) is 4. The quantitative estimate of drug-likeness (QED) is 0.836. The van der Waals surface area contributed by atoms with Crippen molar-refractivity contribution >= 4 is 15.7 Å². The third-order valence-corrected chi connectivity index (χ3v) is 6.80. The minimum absolute atomic E-state index is 0.144. The molecule has 1 aromatic heterocycles. The molecule has 1 aliphatic carbocycles. The Morgan fingerprint density at radius 2 is 2.08 bits per heavy atom. The van der Waals surface area contributed by atoms with Crippen molar-refractivity contribution in [2.45, 2.75) is 38.1 Å². The van der Waals surface area contributed by atoms with E-state index in [9.17, 15) is 12.8 Å². The van der Waals surface area contributed by atoms with E-state index in [-0.39, 0.29) is 23.7 Å². The van der Waals surface area contributed by atoms with E-state index >= 15 is 0 Å². The number of fused-ring (bicyclic) bond motifs is 1. The first-order chi connectivity index (χ1) is 11.9. The SMILES string of the molecule is Cc1nn(CC2CC2)c(C)c1S(=O)(=O)N1CCOc2ccc(F)cc21. The van der Waals surface area contributed by atoms with E-state index < -0.39 is 15.8 Å². The fraction of sp³-hybridized carbons (Fsp3) is 0.471. The minimum atomic E-state index is -3.84. The topological polar surface area (TPSA) is 64.4 Å². The van der Waals surface area contributed by atoms with Gasteiger partial charge in [0.15, 0.2) is 0 Å². The molecule has 2 aromatic rings. The molecule has 134 valence electrons. The van der Waals surface area contributed by atoms with Crippen LogP contribution in [0.2, 0.25) is 0 Å². The third-order valence-electron chi connectivity index (χ3n) is 4.73. The number of aryl methyl sites for hydroxylation is 1. The first kappa shape index (κ1) is 16.4. The number of nitrogens with zero attached hydrogens (tertiary/aromatic N) is 3. The van der Waals surface area contributed by atoms with Gasteiger partial charge in [0.05, 0.1) is 23.6 Å². The summed E-state index contributed by atoms with van der Waals surface area (Å²) in [7, 11) is -3.84. The summed E-state index contributed by atoms with van der Waals surface area (Å²) < 4.78 is 48.8. The highest BCUT2D eigenvalue weighted by molar-refractivity contribution is 7.93. The van der Waals surface area contributed by atoms with Gasteiger partial charge in [0.25, 0.3) is 10.0 Å². The monoisotopic (exact) mass is 365 g/mol. The average molecular weight is 365 g/mol. The molecule has 4 rings (SSSR count). The van der Waals surface area contributed by atoms with Gasteiger partial charge in [0.1, 0.15) is 23.1 Å². The Kier molecular flexibility index (Phi) is 3.75. The molecule has 1 saturated carbocycles. The molecule has 0 atom stereocenters. The highest BCUT2D eigenvalue weighted by atomic mass is 32.2. The number of benzene rings is 1. The number of halogens is 1. The van der Waals surface area contributed by atoms with Gasteiger partial charge in [-0.15, -0.1) is 0 Å². The molecule has 2 aliphatic rings. The summed E-state index contributed by atoms with van der Waals surface area (Å²) >= 11 is 0. The van der Waals surface area contributed by atoms with Crippen LogP contribution in [-0.4, -0.2) is 31.3 Å². The molecule has 0 spiro atoms. The van der Waals surface area contributed by atoms with Crippen molar-refractivity contribution in [2.75, 3.05) is 17.5 Å². The standard InChI is InChI=1S/C17H20FN3O3S/c1-11-17(12(2)20(19-11)10-13-3-4-13)25(22,23)21-7-8-24-16-6-5-14(18)9-15(16)21/h5-6,9,13H,3-4,7-8,10H2,1-2H3. The lowest BCUT2D eigenvalue weighted by Crippen LogP contribution is -2.38. The number of ether oxygens (including phenoxy) is 1. The van der Waals surface area contributed by atoms with Crippen molar-refractivity contribution in [3.8, 4) is 5.75 Å². The number of rotatable bonds is 4. The van der Waals surface area contributed by atoms with Gasteiger partial charge < -0.3 is 4.74 Å². The van der Waals surface area contributed by atoms with Crippen LogP contribution in [0.3, 0.4) is 0 Å². The van der Waals surface area contributed by atoms with Crippen LogP contribution in [0, 0.1) is 25.6 Å². The van der Waals surface area contributed by atoms with Crippen molar-refractivity contribution in [1.82, 2.24) is 9.78 Å². The maximum atomic E-state index is 13.7. The molecule has 8 heteroatoms. The third kappa shape index (κ3) is 2.78. The van der Waals surface area contributed by atoms with Crippen molar-refractivity contribution in [3.63, 3.8) is 0 Å². The lowest BCUT2D eigenvalue weighted by atomic mass is 10.2. The maximum absolute atomic E-state index is 13.7. The zero-order chi connectivity index (χ0) is 17.8. The second-order valence-corrected chi connectivity index (χ2v) is 8.46. The molecule has 0 saturated heterocycles. The Labute approximate surface area is 146 Å². The molecule has 0 bridgehead atoms. The molecule has 25 heavy (non-hydrogen) atoms. The van der Waals surface area contributed by atoms with Crippen LogP contribution in [0.1, 0.15) is 24.2 Å². The molecule has 0 unspecified atom stereocenters. The molecular weight excluding hydrogens is 345 g/mol. The number of hydrogen-bond donors (Lipinski definition) is 0. The number of sulfonamides is 1. The molecule has 6 nitrogen and oxygen atoms in total. The molecule has 0 radical (unpaired) electrons. The molecule has 0 N–H and O–H groups in total. The first-order valence-electron chi connectivity index (χ1n) is 8.37. The van der Waals surface area contributed by atoms with Gasteiger partial charge in [-0.25, -0.2) is 12.8 Å². The van der Waals surface area contributed by atoms with Crippen molar-refractivity contribution < 1.29 is 17.5 Å². The molecular formula is C17H20FN3O3S. The Morgan fingerprint density at radius 3 is 2.80 bits per heavy atom. The van der Waals surface area contributed by atoms with E-state index in [1.54, 1.807) is 18.5 Å². The molecule has 0 amide bonds. The maximum Gasteiger partial charge on any atom is 0.268 e. The van der Waals surface area contributed by atoms with Crippen LogP contribution >= 0.6 is 0 Å². The van der Waals surface area contributed by atoms with E-state index in [2.05, 4.69) is 5.10 Å². The molecule has 1 aromatic carbocycles. The highest BCUT2D eigenvalue weighted by Gasteiger charge is 2.35. The summed E-state index contributed by atoms with van der Waals surface area (Å²) in [5, 5.41) is 4.43. The summed E-state index contributed by atoms with van der Waals surface area (Å²) in [6.45, 7) is 4.60. The van der Waals surface area contributed by atoms with Gasteiger partial charge in [-0.2, -0.15) is 5.10 Å². The van der Waals surface area contributed by atoms with Crippen molar-refractivity contribution in [3.05, 3.63) is 35.4 Å². The molecule has 2 heterocycles. The van der Waals surface area contributed by atoms with E-state index in [0.717, 1.165) is 19.4 Å². The predicted octanol–water partition coefficient (Wildman–Crippen LogP) is 2.64. The van der Waals surface area contributed by atoms with Gasteiger partial charge in [-0.3, -0.25) is 8.99 Å². The molecule has 1 aliphatic heterocycles. The van der Waals surface area contributed by atoms with Crippen LogP contribution in [-0.2, 0) is 16.6 Å². The summed E-state index contributed by atoms with van der Waals surface area (Å²) in [4.78, 5) is 0.213. The summed E-state index contributed by atoms with van der Waals surface area (Å²) in [5.41, 5.74) is 1.34. The summed E-state index contributed by atoms with van der Waals surface area (Å²) in [6.07, 6.45) is 2.33. The van der Waals surface area contributed by atoms with Crippen LogP contribution in [0.15, 0.2) is 23.1 Å². The normalized spacial score (nSPS) is 17.3. The minimum Gasteiger partial charge on any atom is -0.489 e. The predicted molar refractivity (Wildman–Crippen MR) is 90.9 cm³/mol. The summed E-state index contributed by atoms with van der Waals surface area (Å²) in [6, 6.07) is 3.92. The average Bonchev–Trinajstić information content (AvgIpc) is 3.32. The van der Waals surface area contributed by atoms with Crippen molar-refractivity contribution in [1.29, 1.82) is 0 Å². The van der Waals surface area contributed by atoms with Gasteiger partial charge in [0.2, 0.25) is 0 Å². The summed E-state index contributed by atoms with van der Waals surface area (Å²) in [5.74, 6) is 0.464. The lowest BCUT2D eigenvalue weighted by Gasteiger charge is -2.30. The number of aromatic nitrogens is 2. The second-order valence-electron chi connectivity index (χ2n) is 6.66. The highest BCUT2D eigenvalue weighted by Crippen LogP contribution is 2.37. The fourth-order valence-corrected chi connectivity index (χ4v) is 5.13. The zero-order valence-electron chi connectivity index (χ0n) is 14.2. The first-order valence-corrected chi connectivity index (χ1v) is 9.81. The Balaban J connectivity index is 1.79. The Hall–Kier alpha value is -2.09. The second kappa shape index (κ2) is 5.72. The van der Waals surface area contributed by atoms with E-state index in [1.807, 2.05) is 0 Å². The van der Waals surface area contributed by atoms with Gasteiger partial charge in [0, 0.05) is 12.6 Å². The van der Waals surface area contributed by atoms with Crippen LogP contribution in [0.5, 0.6) is 5.75 Å². The van der Waals surface area contributed by atoms with Crippen LogP contribution in [0.4, 0.5) is 10.1 Å². The zero-order valence-corrected chi connectivity index (χ0v) is 15.0. The largest absolute Gasteiger partial charge is 0.489 e. The number of anilines is 1. The van der Waals surface area contributed by atoms with Gasteiger partial charge in [-0.05, 0) is 44.7 Å². The smallest absolute Gasteiger partial charge is 0.268 e. The van der Waals surface area contributed by atoms with Crippen LogP contribution < -0.4 is 9.04 Å². The van der Waals surface area contributed by atoms with Crippen LogP contribution in [0.25, 0.3) is 0 Å². The Morgan fingerprint density at radius 1 is 1.32 bits per heavy atom. The Bertz CT molecular complexity index is 935. The lowest BCUT2D eigenvalue weighted by molar-refractivity contribution is 0.315.